The van der Waals surface area contributed by atoms with Crippen LogP contribution in [0.1, 0.15) is 48.7 Å². The summed E-state index contributed by atoms with van der Waals surface area (Å²) in [6, 6.07) is 8.26. The van der Waals surface area contributed by atoms with Crippen LogP contribution in [0.2, 0.25) is 0 Å². The highest BCUT2D eigenvalue weighted by atomic mass is 16.5. The summed E-state index contributed by atoms with van der Waals surface area (Å²) in [5.74, 6) is 1.20. The van der Waals surface area contributed by atoms with Crippen molar-refractivity contribution in [1.82, 2.24) is 10.1 Å². The molecule has 1 saturated heterocycles. The molecule has 2 heterocycles. The summed E-state index contributed by atoms with van der Waals surface area (Å²) in [5, 5.41) is 4.01. The van der Waals surface area contributed by atoms with Crippen LogP contribution in [0.15, 0.2) is 28.8 Å². The Morgan fingerprint density at radius 1 is 1.35 bits per heavy atom. The van der Waals surface area contributed by atoms with Crippen molar-refractivity contribution in [3.8, 4) is 0 Å². The first-order valence-electron chi connectivity index (χ1n) is 6.93. The van der Waals surface area contributed by atoms with Crippen LogP contribution in [-0.2, 0) is 4.74 Å². The van der Waals surface area contributed by atoms with Crippen LogP contribution in [-0.4, -0.2) is 16.7 Å². The first kappa shape index (κ1) is 13.1. The van der Waals surface area contributed by atoms with Gasteiger partial charge in [-0.25, -0.2) is 0 Å². The van der Waals surface area contributed by atoms with Crippen LogP contribution in [0.25, 0.3) is 11.6 Å². The molecule has 1 aromatic heterocycles. The Labute approximate surface area is 118 Å². The van der Waals surface area contributed by atoms with Crippen LogP contribution >= 0.6 is 0 Å². The lowest BCUT2D eigenvalue weighted by molar-refractivity contribution is 0.103. The van der Waals surface area contributed by atoms with Gasteiger partial charge in [0.15, 0.2) is 0 Å². The molecule has 4 nitrogen and oxygen atoms in total. The Kier molecular flexibility index (Phi) is 3.65. The Morgan fingerprint density at radius 2 is 2.20 bits per heavy atom. The van der Waals surface area contributed by atoms with Gasteiger partial charge in [-0.2, -0.15) is 4.98 Å². The van der Waals surface area contributed by atoms with Crippen LogP contribution in [0.4, 0.5) is 0 Å². The van der Waals surface area contributed by atoms with Gasteiger partial charge in [-0.05, 0) is 43.4 Å². The monoisotopic (exact) mass is 270 g/mol. The molecule has 0 bridgehead atoms. The molecule has 1 atom stereocenters. The van der Waals surface area contributed by atoms with Crippen LogP contribution in [0.3, 0.4) is 0 Å². The van der Waals surface area contributed by atoms with Crippen molar-refractivity contribution in [3.63, 3.8) is 0 Å². The summed E-state index contributed by atoms with van der Waals surface area (Å²) in [6.07, 6.45) is 3.96. The quantitative estimate of drug-likeness (QED) is 0.851. The van der Waals surface area contributed by atoms with E-state index >= 15 is 0 Å². The fourth-order valence-electron chi connectivity index (χ4n) is 2.50. The van der Waals surface area contributed by atoms with Crippen LogP contribution in [0.5, 0.6) is 0 Å². The standard InChI is InChI=1S/C16H18N2O2/c1-11-6-3-4-7-13(11)12(2)10-15-17-16(18-20-15)14-8-5-9-19-14/h3-4,6-7,10,14H,5,8-9H2,1-2H3/b12-10-. The van der Waals surface area contributed by atoms with Gasteiger partial charge in [0.2, 0.25) is 5.82 Å². The van der Waals surface area contributed by atoms with Gasteiger partial charge < -0.3 is 9.26 Å². The Morgan fingerprint density at radius 3 is 2.95 bits per heavy atom. The van der Waals surface area contributed by atoms with E-state index in [0.29, 0.717) is 11.7 Å². The van der Waals surface area contributed by atoms with Gasteiger partial charge in [0.1, 0.15) is 6.10 Å². The SMILES string of the molecule is C/C(=C/c1nc(C2CCCO2)no1)c1ccccc1C. The van der Waals surface area contributed by atoms with E-state index in [-0.39, 0.29) is 6.10 Å². The molecule has 0 N–H and O–H groups in total. The van der Waals surface area contributed by atoms with Gasteiger partial charge in [-0.15, -0.1) is 0 Å². The lowest BCUT2D eigenvalue weighted by atomic mass is 10.0. The zero-order valence-electron chi connectivity index (χ0n) is 11.8. The number of allylic oxidation sites excluding steroid dienone is 1. The van der Waals surface area contributed by atoms with Gasteiger partial charge in [-0.3, -0.25) is 0 Å². The highest BCUT2D eigenvalue weighted by Crippen LogP contribution is 2.27. The second-order valence-electron chi connectivity index (χ2n) is 5.13. The summed E-state index contributed by atoms with van der Waals surface area (Å²) in [4.78, 5) is 4.41. The zero-order chi connectivity index (χ0) is 13.9. The highest BCUT2D eigenvalue weighted by molar-refractivity contribution is 5.79. The third-order valence-corrected chi connectivity index (χ3v) is 3.59. The van der Waals surface area contributed by atoms with E-state index in [0.717, 1.165) is 25.0 Å². The number of aromatic nitrogens is 2. The molecule has 0 saturated carbocycles. The molecule has 1 aliphatic rings. The number of aryl methyl sites for hydroxylation is 1. The number of hydrogen-bond acceptors (Lipinski definition) is 4. The predicted octanol–water partition coefficient (Wildman–Crippen LogP) is 3.79. The smallest absolute Gasteiger partial charge is 0.251 e. The van der Waals surface area contributed by atoms with Crippen molar-refractivity contribution in [1.29, 1.82) is 0 Å². The fourth-order valence-corrected chi connectivity index (χ4v) is 2.50. The van der Waals surface area contributed by atoms with E-state index in [1.165, 1.54) is 11.1 Å². The van der Waals surface area contributed by atoms with Gasteiger partial charge >= 0.3 is 0 Å². The first-order valence-corrected chi connectivity index (χ1v) is 6.93. The molecule has 3 rings (SSSR count). The van der Waals surface area contributed by atoms with E-state index in [4.69, 9.17) is 9.26 Å². The van der Waals surface area contributed by atoms with Crippen molar-refractivity contribution >= 4 is 11.6 Å². The van der Waals surface area contributed by atoms with Crippen molar-refractivity contribution in [2.75, 3.05) is 6.61 Å². The molecule has 0 radical (unpaired) electrons. The van der Waals surface area contributed by atoms with Gasteiger partial charge in [0, 0.05) is 12.7 Å². The highest BCUT2D eigenvalue weighted by Gasteiger charge is 2.22. The normalized spacial score (nSPS) is 19.5. The molecule has 20 heavy (non-hydrogen) atoms. The molecule has 0 spiro atoms. The van der Waals surface area contributed by atoms with Crippen molar-refractivity contribution in [3.05, 3.63) is 47.1 Å². The number of nitrogens with zero attached hydrogens (tertiary/aromatic N) is 2. The minimum atomic E-state index is -0.000308. The third kappa shape index (κ3) is 2.65. The van der Waals surface area contributed by atoms with E-state index in [9.17, 15) is 0 Å². The molecular formula is C16H18N2O2. The molecule has 0 amide bonds. The minimum absolute atomic E-state index is 0.000308. The lowest BCUT2D eigenvalue weighted by Gasteiger charge is -2.04. The number of rotatable bonds is 3. The largest absolute Gasteiger partial charge is 0.370 e. The average Bonchev–Trinajstić information content (AvgIpc) is 3.09. The van der Waals surface area contributed by atoms with Crippen LogP contribution < -0.4 is 0 Å². The molecule has 0 aliphatic carbocycles. The maximum absolute atomic E-state index is 5.56. The van der Waals surface area contributed by atoms with E-state index in [2.05, 4.69) is 36.1 Å². The summed E-state index contributed by atoms with van der Waals surface area (Å²) in [5.41, 5.74) is 3.55. The maximum Gasteiger partial charge on any atom is 0.251 e. The van der Waals surface area contributed by atoms with Crippen molar-refractivity contribution < 1.29 is 9.26 Å². The molecule has 1 fully saturated rings. The summed E-state index contributed by atoms with van der Waals surface area (Å²) >= 11 is 0. The third-order valence-electron chi connectivity index (χ3n) is 3.59. The lowest BCUT2D eigenvalue weighted by Crippen LogP contribution is -1.97. The average molecular weight is 270 g/mol. The van der Waals surface area contributed by atoms with E-state index in [1.54, 1.807) is 0 Å². The second-order valence-corrected chi connectivity index (χ2v) is 5.13. The van der Waals surface area contributed by atoms with Gasteiger partial charge in [0.05, 0.1) is 0 Å². The zero-order valence-corrected chi connectivity index (χ0v) is 11.8. The topological polar surface area (TPSA) is 48.2 Å². The summed E-state index contributed by atoms with van der Waals surface area (Å²) in [6.45, 7) is 4.93. The van der Waals surface area contributed by atoms with E-state index in [1.807, 2.05) is 18.2 Å². The second kappa shape index (κ2) is 5.59. The maximum atomic E-state index is 5.56. The summed E-state index contributed by atoms with van der Waals surface area (Å²) < 4.78 is 10.8. The Hall–Kier alpha value is -1.94. The Balaban J connectivity index is 1.83. The molecule has 2 aromatic rings. The molecule has 104 valence electrons. The number of ether oxygens (including phenoxy) is 1. The van der Waals surface area contributed by atoms with Gasteiger partial charge in [-0.1, -0.05) is 29.4 Å². The number of benzene rings is 1. The predicted molar refractivity (Wildman–Crippen MR) is 76.9 cm³/mol. The van der Waals surface area contributed by atoms with Crippen LogP contribution in [0, 0.1) is 6.92 Å². The fraction of sp³-hybridized carbons (Fsp3) is 0.375. The molecule has 4 heteroatoms. The minimum Gasteiger partial charge on any atom is -0.370 e. The number of hydrogen-bond donors (Lipinski definition) is 0. The molecule has 1 aromatic carbocycles. The summed E-state index contributed by atoms with van der Waals surface area (Å²) in [7, 11) is 0. The Bertz CT molecular complexity index is 625. The first-order chi connectivity index (χ1) is 9.74. The van der Waals surface area contributed by atoms with Crippen molar-refractivity contribution in [2.45, 2.75) is 32.8 Å². The van der Waals surface area contributed by atoms with Crippen molar-refractivity contribution in [2.24, 2.45) is 0 Å². The molecule has 1 aliphatic heterocycles. The van der Waals surface area contributed by atoms with E-state index < -0.39 is 0 Å². The molecule has 1 unspecified atom stereocenters. The van der Waals surface area contributed by atoms with Gasteiger partial charge in [0.25, 0.3) is 5.89 Å². The molecular weight excluding hydrogens is 252 g/mol.